The van der Waals surface area contributed by atoms with E-state index in [2.05, 4.69) is 0 Å². The van der Waals surface area contributed by atoms with Crippen LogP contribution in [0.5, 0.6) is 0 Å². The first kappa shape index (κ1) is 40.8. The SMILES string of the molecule is CN(C)C=O.N#Cc1cc(B(O)O)cc([N+](=O)[O-])c1.N#Cc1cc(B(O)O)cc([N+](=O)[O-])c1.N#Cc1cc(B(O)O)cc([N+](=O)[O-])c1. The molecule has 240 valence electrons. The largest absolute Gasteiger partial charge is 0.488 e. The van der Waals surface area contributed by atoms with E-state index in [0.717, 1.165) is 42.8 Å². The Balaban J connectivity index is 0.000000629. The molecule has 0 saturated heterocycles. The van der Waals surface area contributed by atoms with Crippen molar-refractivity contribution in [2.45, 2.75) is 0 Å². The zero-order valence-corrected chi connectivity index (χ0v) is 24.2. The van der Waals surface area contributed by atoms with Crippen LogP contribution in [-0.2, 0) is 4.79 Å². The van der Waals surface area contributed by atoms with Gasteiger partial charge in [0.2, 0.25) is 6.41 Å². The number of carbonyl (C=O) groups is 1. The molecule has 3 aromatic carbocycles. The van der Waals surface area contributed by atoms with Gasteiger partial charge >= 0.3 is 21.4 Å². The summed E-state index contributed by atoms with van der Waals surface area (Å²) in [7, 11) is -2.08. The number of hydrogen-bond acceptors (Lipinski definition) is 16. The van der Waals surface area contributed by atoms with Crippen molar-refractivity contribution in [1.29, 1.82) is 15.8 Å². The summed E-state index contributed by atoms with van der Waals surface area (Å²) in [6, 6.07) is 14.8. The molecule has 0 aliphatic rings. The lowest BCUT2D eigenvalue weighted by Crippen LogP contribution is -2.30. The third-order valence-corrected chi connectivity index (χ3v) is 4.95. The summed E-state index contributed by atoms with van der Waals surface area (Å²) < 4.78 is 0. The minimum atomic E-state index is -1.82. The Hall–Kier alpha value is -6.25. The Morgan fingerprint density at radius 2 is 0.787 bits per heavy atom. The zero-order chi connectivity index (χ0) is 36.4. The van der Waals surface area contributed by atoms with E-state index in [0.29, 0.717) is 0 Å². The highest BCUT2D eigenvalue weighted by Crippen LogP contribution is 2.13. The summed E-state index contributed by atoms with van der Waals surface area (Å²) in [5, 5.41) is 109. The third-order valence-electron chi connectivity index (χ3n) is 4.95. The Morgan fingerprint density at radius 1 is 0.574 bits per heavy atom. The minimum absolute atomic E-state index is 0.0160. The van der Waals surface area contributed by atoms with E-state index in [4.69, 9.17) is 45.9 Å². The van der Waals surface area contributed by atoms with Gasteiger partial charge in [0.05, 0.1) is 49.7 Å². The minimum Gasteiger partial charge on any atom is -0.423 e. The number of amides is 1. The summed E-state index contributed by atoms with van der Waals surface area (Å²) in [6.07, 6.45) is 0.750. The molecule has 0 unspecified atom stereocenters. The van der Waals surface area contributed by atoms with Gasteiger partial charge in [0.25, 0.3) is 17.1 Å². The predicted octanol–water partition coefficient (Wildman–Crippen LogP) is -2.86. The Kier molecular flexibility index (Phi) is 17.3. The van der Waals surface area contributed by atoms with Crippen LogP contribution >= 0.6 is 0 Å². The number of non-ortho nitro benzene ring substituents is 3. The maximum Gasteiger partial charge on any atom is 0.488 e. The first-order valence-corrected chi connectivity index (χ1v) is 12.2. The van der Waals surface area contributed by atoms with Gasteiger partial charge in [-0.05, 0) is 34.6 Å². The summed E-state index contributed by atoms with van der Waals surface area (Å²) in [5.74, 6) is 0. The van der Waals surface area contributed by atoms with Gasteiger partial charge in [-0.3, -0.25) is 35.1 Å². The highest BCUT2D eigenvalue weighted by Gasteiger charge is 2.19. The Bertz CT molecular complexity index is 1530. The Morgan fingerprint density at radius 3 is 0.915 bits per heavy atom. The number of nitrogens with zero attached hydrogens (tertiary/aromatic N) is 7. The van der Waals surface area contributed by atoms with Gasteiger partial charge in [-0.15, -0.1) is 0 Å². The summed E-state index contributed by atoms with van der Waals surface area (Å²) in [5.41, 5.74) is -1.19. The van der Waals surface area contributed by atoms with Crippen molar-refractivity contribution >= 4 is 61.2 Å². The lowest BCUT2D eigenvalue weighted by atomic mass is 9.79. The van der Waals surface area contributed by atoms with Gasteiger partial charge in [0.1, 0.15) is 0 Å². The molecule has 0 bridgehead atoms. The van der Waals surface area contributed by atoms with Gasteiger partial charge in [-0.25, -0.2) is 0 Å². The predicted molar refractivity (Wildman–Crippen MR) is 163 cm³/mol. The van der Waals surface area contributed by atoms with Crippen LogP contribution in [0.15, 0.2) is 54.6 Å². The van der Waals surface area contributed by atoms with E-state index < -0.39 is 36.1 Å². The van der Waals surface area contributed by atoms with Gasteiger partial charge in [0, 0.05) is 50.5 Å². The smallest absolute Gasteiger partial charge is 0.423 e. The van der Waals surface area contributed by atoms with E-state index in [1.54, 1.807) is 32.3 Å². The summed E-state index contributed by atoms with van der Waals surface area (Å²) in [4.78, 5) is 39.9. The highest BCUT2D eigenvalue weighted by atomic mass is 16.6. The van der Waals surface area contributed by atoms with Crippen LogP contribution in [0.25, 0.3) is 0 Å². The fraction of sp³-hybridized carbons (Fsp3) is 0.0833. The molecular weight excluding hydrogens is 627 g/mol. The number of nitriles is 3. The monoisotopic (exact) mass is 649 g/mol. The molecule has 0 spiro atoms. The topological polar surface area (TPSA) is 342 Å². The van der Waals surface area contributed by atoms with Crippen LogP contribution in [0, 0.1) is 64.3 Å². The maximum absolute atomic E-state index is 10.4. The highest BCUT2D eigenvalue weighted by molar-refractivity contribution is 6.59. The average Bonchev–Trinajstić information content (AvgIpc) is 3.04. The van der Waals surface area contributed by atoms with Crippen LogP contribution in [0.3, 0.4) is 0 Å². The van der Waals surface area contributed by atoms with Crippen LogP contribution in [0.2, 0.25) is 0 Å². The number of nitro benzene ring substituents is 3. The van der Waals surface area contributed by atoms with Crippen molar-refractivity contribution in [3.63, 3.8) is 0 Å². The van der Waals surface area contributed by atoms with Crippen LogP contribution < -0.4 is 16.4 Å². The molecule has 3 rings (SSSR count). The van der Waals surface area contributed by atoms with Gasteiger partial charge in [-0.1, -0.05) is 0 Å². The molecule has 0 heterocycles. The molecule has 47 heavy (non-hydrogen) atoms. The number of nitro groups is 3. The number of carbonyl (C=O) groups excluding carboxylic acids is 1. The summed E-state index contributed by atoms with van der Waals surface area (Å²) >= 11 is 0. The van der Waals surface area contributed by atoms with Crippen LogP contribution in [0.1, 0.15) is 16.7 Å². The Labute approximate surface area is 265 Å². The van der Waals surface area contributed by atoms with Gasteiger partial charge in [-0.2, -0.15) is 15.8 Å². The molecule has 0 radical (unpaired) electrons. The second-order valence-electron chi connectivity index (χ2n) is 8.74. The quantitative estimate of drug-likeness (QED) is 0.0649. The van der Waals surface area contributed by atoms with E-state index in [1.165, 1.54) is 23.1 Å². The van der Waals surface area contributed by atoms with Crippen molar-refractivity contribution in [1.82, 2.24) is 4.90 Å². The van der Waals surface area contributed by atoms with Crippen LogP contribution in [-0.4, -0.2) is 91.7 Å². The molecule has 0 saturated carbocycles. The number of rotatable bonds is 7. The summed E-state index contributed by atoms with van der Waals surface area (Å²) in [6.45, 7) is 0. The molecule has 0 aliphatic carbocycles. The van der Waals surface area contributed by atoms with Gasteiger partial charge in [0.15, 0.2) is 0 Å². The molecule has 0 aliphatic heterocycles. The van der Waals surface area contributed by atoms with Crippen molar-refractivity contribution in [3.8, 4) is 18.2 Å². The lowest BCUT2D eigenvalue weighted by molar-refractivity contribution is -0.385. The standard InChI is InChI=1S/3C7H5BN2O4.C3H7NO/c3*9-4-5-1-6(8(11)12)3-7(2-5)10(13)14;1-4(2)3-5/h3*1-3,11-12H;3H,1-2H3. The maximum atomic E-state index is 10.4. The molecule has 1 amide bonds. The van der Waals surface area contributed by atoms with Crippen molar-refractivity contribution in [2.75, 3.05) is 14.1 Å². The normalized spacial score (nSPS) is 8.96. The van der Waals surface area contributed by atoms with Crippen molar-refractivity contribution < 1.29 is 49.7 Å². The van der Waals surface area contributed by atoms with E-state index in [9.17, 15) is 35.1 Å². The van der Waals surface area contributed by atoms with Crippen molar-refractivity contribution in [3.05, 3.63) is 102 Å². The molecule has 20 nitrogen and oxygen atoms in total. The first-order valence-electron chi connectivity index (χ1n) is 12.2. The van der Waals surface area contributed by atoms with E-state index in [1.807, 2.05) is 0 Å². The average molecular weight is 649 g/mol. The fourth-order valence-electron chi connectivity index (χ4n) is 2.86. The van der Waals surface area contributed by atoms with Crippen LogP contribution in [0.4, 0.5) is 17.1 Å². The second-order valence-corrected chi connectivity index (χ2v) is 8.74. The molecule has 3 aromatic rings. The molecule has 0 atom stereocenters. The molecular formula is C24H22B3N7O13. The number of hydrogen-bond donors (Lipinski definition) is 6. The molecule has 0 fully saturated rings. The van der Waals surface area contributed by atoms with E-state index in [-0.39, 0.29) is 50.1 Å². The molecule has 0 aromatic heterocycles. The molecule has 23 heteroatoms. The third kappa shape index (κ3) is 14.9. The van der Waals surface area contributed by atoms with Gasteiger partial charge < -0.3 is 35.0 Å². The fourth-order valence-corrected chi connectivity index (χ4v) is 2.86. The van der Waals surface area contributed by atoms with Crippen molar-refractivity contribution in [2.24, 2.45) is 0 Å². The number of benzene rings is 3. The molecule has 6 N–H and O–H groups in total. The second kappa shape index (κ2) is 19.9. The lowest BCUT2D eigenvalue weighted by Gasteiger charge is -1.99. The first-order chi connectivity index (χ1) is 21.9. The zero-order valence-electron chi connectivity index (χ0n) is 24.2. The van der Waals surface area contributed by atoms with E-state index >= 15 is 0 Å².